The van der Waals surface area contributed by atoms with Crippen molar-refractivity contribution in [2.45, 2.75) is 45.8 Å². The summed E-state index contributed by atoms with van der Waals surface area (Å²) in [7, 11) is 1.53. The molecule has 1 aliphatic rings. The first-order valence-electron chi connectivity index (χ1n) is 9.69. The summed E-state index contributed by atoms with van der Waals surface area (Å²) in [4.78, 5) is 39.4. The van der Waals surface area contributed by atoms with Crippen molar-refractivity contribution in [1.29, 1.82) is 0 Å². The van der Waals surface area contributed by atoms with E-state index in [0.29, 0.717) is 31.5 Å². The van der Waals surface area contributed by atoms with Crippen LogP contribution in [-0.4, -0.2) is 60.1 Å². The van der Waals surface area contributed by atoms with E-state index in [1.54, 1.807) is 43.9 Å². The number of rotatable bonds is 5. The Balaban J connectivity index is 1.75. The zero-order valence-corrected chi connectivity index (χ0v) is 17.4. The van der Waals surface area contributed by atoms with Gasteiger partial charge in [0.1, 0.15) is 11.4 Å². The molecule has 0 bridgehead atoms. The van der Waals surface area contributed by atoms with E-state index in [2.05, 4.69) is 0 Å². The Kier molecular flexibility index (Phi) is 7.59. The molecule has 0 N–H and O–H groups in total. The number of likely N-dealkylation sites (tertiary alicyclic amines) is 1. The summed E-state index contributed by atoms with van der Waals surface area (Å²) in [5.41, 5.74) is -0.175. The van der Waals surface area contributed by atoms with Gasteiger partial charge in [-0.1, -0.05) is 18.2 Å². The van der Waals surface area contributed by atoms with Gasteiger partial charge in [-0.3, -0.25) is 9.59 Å². The zero-order valence-electron chi connectivity index (χ0n) is 17.4. The second-order valence-corrected chi connectivity index (χ2v) is 8.19. The Bertz CT molecular complexity index is 739. The van der Waals surface area contributed by atoms with Crippen molar-refractivity contribution in [3.63, 3.8) is 0 Å². The minimum atomic E-state index is -0.568. The molecule has 0 spiro atoms. The fourth-order valence-electron chi connectivity index (χ4n) is 2.96. The van der Waals surface area contributed by atoms with Gasteiger partial charge in [0, 0.05) is 32.2 Å². The molecule has 1 aromatic rings. The number of likely N-dealkylation sites (N-methyl/N-ethyl adjacent to an activating group) is 1. The van der Waals surface area contributed by atoms with Crippen LogP contribution in [-0.2, 0) is 25.6 Å². The van der Waals surface area contributed by atoms with Gasteiger partial charge >= 0.3 is 12.1 Å². The average Bonchev–Trinajstić information content (AvgIpc) is 2.66. The van der Waals surface area contributed by atoms with Crippen molar-refractivity contribution in [3.05, 3.63) is 35.6 Å². The number of hydrogen-bond donors (Lipinski definition) is 0. The third kappa shape index (κ3) is 7.03. The fraction of sp³-hybridized carbons (Fsp3) is 0.571. The van der Waals surface area contributed by atoms with Gasteiger partial charge in [-0.15, -0.1) is 0 Å². The predicted octanol–water partition coefficient (Wildman–Crippen LogP) is 2.97. The molecule has 29 heavy (non-hydrogen) atoms. The lowest BCUT2D eigenvalue weighted by Gasteiger charge is -2.32. The van der Waals surface area contributed by atoms with Gasteiger partial charge in [0.15, 0.2) is 6.61 Å². The third-order valence-corrected chi connectivity index (χ3v) is 4.61. The first kappa shape index (κ1) is 22.6. The Morgan fingerprint density at radius 3 is 2.38 bits per heavy atom. The quantitative estimate of drug-likeness (QED) is 0.700. The molecule has 0 unspecified atom stereocenters. The summed E-state index contributed by atoms with van der Waals surface area (Å²) in [5.74, 6) is -1.62. The van der Waals surface area contributed by atoms with Crippen LogP contribution in [0.25, 0.3) is 0 Å². The average molecular weight is 408 g/mol. The topological polar surface area (TPSA) is 76.2 Å². The number of benzene rings is 1. The molecule has 2 rings (SSSR count). The van der Waals surface area contributed by atoms with Crippen LogP contribution < -0.4 is 0 Å². The number of piperidine rings is 1. The van der Waals surface area contributed by atoms with Crippen LogP contribution in [0.5, 0.6) is 0 Å². The summed E-state index contributed by atoms with van der Waals surface area (Å²) in [6.07, 6.45) is 0.517. The lowest BCUT2D eigenvalue weighted by atomic mass is 9.97. The number of ether oxygens (including phenoxy) is 2. The SMILES string of the molecule is CN(Cc1ccccc1F)C(=O)COC(=O)C1CCN(C(=O)OC(C)(C)C)CC1. The van der Waals surface area contributed by atoms with Gasteiger partial charge in [0.2, 0.25) is 0 Å². The summed E-state index contributed by atoms with van der Waals surface area (Å²) in [5, 5.41) is 0. The number of carbonyl (C=O) groups excluding carboxylic acids is 3. The van der Waals surface area contributed by atoms with E-state index in [1.165, 1.54) is 18.0 Å². The van der Waals surface area contributed by atoms with Crippen LogP contribution in [0.4, 0.5) is 9.18 Å². The van der Waals surface area contributed by atoms with Crippen molar-refractivity contribution < 1.29 is 28.2 Å². The summed E-state index contributed by atoms with van der Waals surface area (Å²) >= 11 is 0. The second-order valence-electron chi connectivity index (χ2n) is 8.19. The van der Waals surface area contributed by atoms with Crippen LogP contribution >= 0.6 is 0 Å². The minimum absolute atomic E-state index is 0.0946. The van der Waals surface area contributed by atoms with Gasteiger partial charge < -0.3 is 19.3 Å². The van der Waals surface area contributed by atoms with E-state index >= 15 is 0 Å². The monoisotopic (exact) mass is 408 g/mol. The Morgan fingerprint density at radius 2 is 1.79 bits per heavy atom. The second kappa shape index (κ2) is 9.71. The van der Waals surface area contributed by atoms with Crippen LogP contribution in [0.2, 0.25) is 0 Å². The Morgan fingerprint density at radius 1 is 1.17 bits per heavy atom. The first-order chi connectivity index (χ1) is 13.6. The highest BCUT2D eigenvalue weighted by Gasteiger charge is 2.31. The van der Waals surface area contributed by atoms with Gasteiger partial charge in [0.05, 0.1) is 5.92 Å². The molecule has 2 amide bonds. The molecule has 0 atom stereocenters. The summed E-state index contributed by atoms with van der Waals surface area (Å²) in [6.45, 7) is 5.90. The largest absolute Gasteiger partial charge is 0.455 e. The number of nitrogens with zero attached hydrogens (tertiary/aromatic N) is 2. The maximum absolute atomic E-state index is 13.7. The molecule has 0 radical (unpaired) electrons. The van der Waals surface area contributed by atoms with E-state index < -0.39 is 30.2 Å². The maximum atomic E-state index is 13.7. The van der Waals surface area contributed by atoms with Crippen molar-refractivity contribution in [2.24, 2.45) is 5.92 Å². The van der Waals surface area contributed by atoms with Crippen LogP contribution in [0.1, 0.15) is 39.2 Å². The van der Waals surface area contributed by atoms with E-state index in [4.69, 9.17) is 9.47 Å². The number of esters is 1. The fourth-order valence-corrected chi connectivity index (χ4v) is 2.96. The molecule has 1 heterocycles. The van der Waals surface area contributed by atoms with Crippen molar-refractivity contribution in [1.82, 2.24) is 9.80 Å². The molecule has 160 valence electrons. The lowest BCUT2D eigenvalue weighted by Crippen LogP contribution is -2.43. The van der Waals surface area contributed by atoms with Crippen LogP contribution in [0.3, 0.4) is 0 Å². The number of halogens is 1. The van der Waals surface area contributed by atoms with E-state index in [-0.39, 0.29) is 18.3 Å². The van der Waals surface area contributed by atoms with E-state index in [9.17, 15) is 18.8 Å². The highest BCUT2D eigenvalue weighted by atomic mass is 19.1. The lowest BCUT2D eigenvalue weighted by molar-refractivity contribution is -0.156. The highest BCUT2D eigenvalue weighted by molar-refractivity contribution is 5.81. The first-order valence-corrected chi connectivity index (χ1v) is 9.69. The molecule has 1 saturated heterocycles. The standard InChI is InChI=1S/C21H29FN2O5/c1-21(2,3)29-20(27)24-11-9-15(10-12-24)19(26)28-14-18(25)23(4)13-16-7-5-6-8-17(16)22/h5-8,15H,9-14H2,1-4H3. The molecular weight excluding hydrogens is 379 g/mol. The molecule has 0 aromatic heterocycles. The number of amides is 2. The van der Waals surface area contributed by atoms with Crippen molar-refractivity contribution in [2.75, 3.05) is 26.7 Å². The molecule has 0 saturated carbocycles. The predicted molar refractivity (Wildman–Crippen MR) is 104 cm³/mol. The molecule has 1 fully saturated rings. The Hall–Kier alpha value is -2.64. The Labute approximate surface area is 170 Å². The van der Waals surface area contributed by atoms with Crippen molar-refractivity contribution in [3.8, 4) is 0 Å². The third-order valence-electron chi connectivity index (χ3n) is 4.61. The molecule has 8 heteroatoms. The van der Waals surface area contributed by atoms with E-state index in [0.717, 1.165) is 0 Å². The molecule has 1 aliphatic heterocycles. The van der Waals surface area contributed by atoms with Crippen LogP contribution in [0, 0.1) is 11.7 Å². The molecule has 0 aliphatic carbocycles. The zero-order chi connectivity index (χ0) is 21.6. The number of carbonyl (C=O) groups is 3. The van der Waals surface area contributed by atoms with Gasteiger partial charge in [-0.2, -0.15) is 0 Å². The number of hydrogen-bond acceptors (Lipinski definition) is 5. The molecule has 7 nitrogen and oxygen atoms in total. The normalized spacial score (nSPS) is 15.0. The molecule has 1 aromatic carbocycles. The summed E-state index contributed by atoms with van der Waals surface area (Å²) in [6, 6.07) is 6.21. The highest BCUT2D eigenvalue weighted by Crippen LogP contribution is 2.21. The smallest absolute Gasteiger partial charge is 0.410 e. The molecular formula is C21H29FN2O5. The summed E-state index contributed by atoms with van der Waals surface area (Å²) < 4.78 is 24.2. The van der Waals surface area contributed by atoms with E-state index in [1.807, 2.05) is 0 Å². The minimum Gasteiger partial charge on any atom is -0.455 e. The van der Waals surface area contributed by atoms with Crippen molar-refractivity contribution >= 4 is 18.0 Å². The maximum Gasteiger partial charge on any atom is 0.410 e. The van der Waals surface area contributed by atoms with Gasteiger partial charge in [0.25, 0.3) is 5.91 Å². The van der Waals surface area contributed by atoms with Gasteiger partial charge in [-0.25, -0.2) is 9.18 Å². The van der Waals surface area contributed by atoms with Crippen LogP contribution in [0.15, 0.2) is 24.3 Å². The van der Waals surface area contributed by atoms with Gasteiger partial charge in [-0.05, 0) is 39.7 Å².